The van der Waals surface area contributed by atoms with Gasteiger partial charge in [0, 0.05) is 32.1 Å². The van der Waals surface area contributed by atoms with E-state index < -0.39 is 6.04 Å². The molecule has 7 nitrogen and oxygen atoms in total. The quantitative estimate of drug-likeness (QED) is 0.840. The molecule has 2 aliphatic rings. The summed E-state index contributed by atoms with van der Waals surface area (Å²) in [6.45, 7) is 4.72. The maximum atomic E-state index is 12.0. The number of amides is 2. The van der Waals surface area contributed by atoms with Crippen LogP contribution in [0.15, 0.2) is 18.3 Å². The molecule has 1 atom stereocenters. The molecule has 1 aliphatic carbocycles. The summed E-state index contributed by atoms with van der Waals surface area (Å²) in [7, 11) is 0. The minimum atomic E-state index is -0.549. The van der Waals surface area contributed by atoms with Gasteiger partial charge in [0.2, 0.25) is 11.8 Å². The van der Waals surface area contributed by atoms with E-state index in [9.17, 15) is 9.59 Å². The number of aromatic nitrogens is 1. The second-order valence-electron chi connectivity index (χ2n) is 6.27. The van der Waals surface area contributed by atoms with Crippen LogP contribution < -0.4 is 16.0 Å². The van der Waals surface area contributed by atoms with Crippen LogP contribution in [-0.4, -0.2) is 53.9 Å². The standard InChI is InChI=1S/C16H23N5O2/c1-11(17)15(22)19-13-4-5-14(18-10-13)20-6-8-21(9-7-20)16(23)12-2-3-12/h4-5,10-12H,2-3,6-9,17H2,1H3,(H,19,22)/t11-/m1/s1. The van der Waals surface area contributed by atoms with Gasteiger partial charge in [-0.3, -0.25) is 9.59 Å². The lowest BCUT2D eigenvalue weighted by Crippen LogP contribution is -2.49. The molecule has 1 aromatic heterocycles. The Hall–Kier alpha value is -2.15. The second kappa shape index (κ2) is 6.54. The van der Waals surface area contributed by atoms with Gasteiger partial charge in [-0.2, -0.15) is 0 Å². The lowest BCUT2D eigenvalue weighted by Gasteiger charge is -2.35. The normalized spacial score (nSPS) is 19.4. The molecular weight excluding hydrogens is 294 g/mol. The van der Waals surface area contributed by atoms with Gasteiger partial charge in [0.05, 0.1) is 17.9 Å². The Kier molecular flexibility index (Phi) is 4.47. The minimum absolute atomic E-state index is 0.230. The number of carbonyl (C=O) groups excluding carboxylic acids is 2. The summed E-state index contributed by atoms with van der Waals surface area (Å²) >= 11 is 0. The molecule has 2 heterocycles. The Morgan fingerprint density at radius 2 is 1.96 bits per heavy atom. The van der Waals surface area contributed by atoms with E-state index in [1.807, 2.05) is 17.0 Å². The van der Waals surface area contributed by atoms with Gasteiger partial charge < -0.3 is 20.9 Å². The van der Waals surface area contributed by atoms with Gasteiger partial charge in [0.15, 0.2) is 0 Å². The molecule has 1 aliphatic heterocycles. The Bertz CT molecular complexity index is 575. The lowest BCUT2D eigenvalue weighted by molar-refractivity contribution is -0.132. The number of nitrogens with two attached hydrogens (primary N) is 1. The molecule has 1 saturated carbocycles. The number of pyridine rings is 1. The van der Waals surface area contributed by atoms with E-state index in [2.05, 4.69) is 15.2 Å². The maximum absolute atomic E-state index is 12.0. The molecule has 124 valence electrons. The third-order valence-electron chi connectivity index (χ3n) is 4.27. The highest BCUT2D eigenvalue weighted by Gasteiger charge is 2.34. The van der Waals surface area contributed by atoms with E-state index in [0.29, 0.717) is 11.6 Å². The Labute approximate surface area is 135 Å². The van der Waals surface area contributed by atoms with Gasteiger partial charge in [0.25, 0.3) is 0 Å². The van der Waals surface area contributed by atoms with Crippen molar-refractivity contribution in [3.63, 3.8) is 0 Å². The fourth-order valence-corrected chi connectivity index (χ4v) is 2.65. The van der Waals surface area contributed by atoms with Crippen molar-refractivity contribution in [2.24, 2.45) is 11.7 Å². The zero-order valence-corrected chi connectivity index (χ0v) is 13.4. The van der Waals surface area contributed by atoms with Crippen LogP contribution in [0.4, 0.5) is 11.5 Å². The van der Waals surface area contributed by atoms with Crippen LogP contribution in [0, 0.1) is 5.92 Å². The molecular formula is C16H23N5O2. The second-order valence-corrected chi connectivity index (χ2v) is 6.27. The van der Waals surface area contributed by atoms with Gasteiger partial charge in [0.1, 0.15) is 5.82 Å². The van der Waals surface area contributed by atoms with Gasteiger partial charge in [-0.1, -0.05) is 0 Å². The van der Waals surface area contributed by atoms with Crippen LogP contribution in [0.1, 0.15) is 19.8 Å². The monoisotopic (exact) mass is 317 g/mol. The van der Waals surface area contributed by atoms with Crippen molar-refractivity contribution in [1.82, 2.24) is 9.88 Å². The largest absolute Gasteiger partial charge is 0.353 e. The predicted octanol–water partition coefficient (Wildman–Crippen LogP) is 0.426. The molecule has 2 fully saturated rings. The number of anilines is 2. The maximum Gasteiger partial charge on any atom is 0.241 e. The van der Waals surface area contributed by atoms with Crippen LogP contribution in [0.3, 0.4) is 0 Å². The molecule has 3 rings (SSSR count). The summed E-state index contributed by atoms with van der Waals surface area (Å²) in [6.07, 6.45) is 3.74. The number of hydrogen-bond donors (Lipinski definition) is 2. The number of hydrogen-bond acceptors (Lipinski definition) is 5. The fraction of sp³-hybridized carbons (Fsp3) is 0.562. The summed E-state index contributed by atoms with van der Waals surface area (Å²) in [5, 5.41) is 2.72. The zero-order chi connectivity index (χ0) is 16.4. The van der Waals surface area contributed by atoms with E-state index in [-0.39, 0.29) is 11.8 Å². The minimum Gasteiger partial charge on any atom is -0.353 e. The Morgan fingerprint density at radius 1 is 1.26 bits per heavy atom. The third-order valence-corrected chi connectivity index (χ3v) is 4.27. The molecule has 2 amide bonds. The first kappa shape index (κ1) is 15.7. The number of carbonyl (C=O) groups is 2. The van der Waals surface area contributed by atoms with Crippen LogP contribution >= 0.6 is 0 Å². The first-order valence-electron chi connectivity index (χ1n) is 8.11. The van der Waals surface area contributed by atoms with Crippen molar-refractivity contribution in [3.05, 3.63) is 18.3 Å². The molecule has 3 N–H and O–H groups in total. The van der Waals surface area contributed by atoms with Gasteiger partial charge >= 0.3 is 0 Å². The van der Waals surface area contributed by atoms with Crippen LogP contribution in [0.2, 0.25) is 0 Å². The third kappa shape index (κ3) is 3.79. The highest BCUT2D eigenvalue weighted by atomic mass is 16.2. The first-order chi connectivity index (χ1) is 11.0. The number of rotatable bonds is 4. The smallest absolute Gasteiger partial charge is 0.241 e. The molecule has 1 aromatic rings. The summed E-state index contributed by atoms with van der Waals surface area (Å²) in [5.41, 5.74) is 6.16. The number of nitrogens with one attached hydrogen (secondary N) is 1. The highest BCUT2D eigenvalue weighted by molar-refractivity contribution is 5.94. The van der Waals surface area contributed by atoms with E-state index in [1.54, 1.807) is 13.1 Å². The zero-order valence-electron chi connectivity index (χ0n) is 13.4. The molecule has 23 heavy (non-hydrogen) atoms. The van der Waals surface area contributed by atoms with Crippen molar-refractivity contribution >= 4 is 23.3 Å². The fourth-order valence-electron chi connectivity index (χ4n) is 2.65. The van der Waals surface area contributed by atoms with Crippen molar-refractivity contribution in [3.8, 4) is 0 Å². The van der Waals surface area contributed by atoms with Crippen molar-refractivity contribution in [1.29, 1.82) is 0 Å². The molecule has 0 spiro atoms. The molecule has 7 heteroatoms. The van der Waals surface area contributed by atoms with Crippen LogP contribution in [0.25, 0.3) is 0 Å². The van der Waals surface area contributed by atoms with Crippen molar-refractivity contribution in [2.45, 2.75) is 25.8 Å². The Balaban J connectivity index is 1.54. The van der Waals surface area contributed by atoms with Crippen molar-refractivity contribution < 1.29 is 9.59 Å². The highest BCUT2D eigenvalue weighted by Crippen LogP contribution is 2.31. The first-order valence-corrected chi connectivity index (χ1v) is 8.11. The summed E-state index contributed by atoms with van der Waals surface area (Å²) in [6, 6.07) is 3.16. The van der Waals surface area contributed by atoms with E-state index in [0.717, 1.165) is 44.8 Å². The van der Waals surface area contributed by atoms with Crippen LogP contribution in [-0.2, 0) is 9.59 Å². The Morgan fingerprint density at radius 3 is 2.48 bits per heavy atom. The average Bonchev–Trinajstić information content (AvgIpc) is 3.40. The number of nitrogens with zero attached hydrogens (tertiary/aromatic N) is 3. The van der Waals surface area contributed by atoms with E-state index in [1.165, 1.54) is 0 Å². The summed E-state index contributed by atoms with van der Waals surface area (Å²) in [4.78, 5) is 32.1. The predicted molar refractivity (Wildman–Crippen MR) is 88.0 cm³/mol. The lowest BCUT2D eigenvalue weighted by atomic mass is 10.2. The molecule has 0 aromatic carbocycles. The van der Waals surface area contributed by atoms with Gasteiger partial charge in [-0.25, -0.2) is 4.98 Å². The summed E-state index contributed by atoms with van der Waals surface area (Å²) < 4.78 is 0. The molecule has 0 bridgehead atoms. The van der Waals surface area contributed by atoms with Gasteiger partial charge in [-0.05, 0) is 31.9 Å². The van der Waals surface area contributed by atoms with E-state index >= 15 is 0 Å². The summed E-state index contributed by atoms with van der Waals surface area (Å²) in [5.74, 6) is 1.23. The van der Waals surface area contributed by atoms with Crippen molar-refractivity contribution in [2.75, 3.05) is 36.4 Å². The van der Waals surface area contributed by atoms with Gasteiger partial charge in [-0.15, -0.1) is 0 Å². The molecule has 1 saturated heterocycles. The van der Waals surface area contributed by atoms with Crippen LogP contribution in [0.5, 0.6) is 0 Å². The number of piperazine rings is 1. The SMILES string of the molecule is C[C@@H](N)C(=O)Nc1ccc(N2CCN(C(=O)C3CC3)CC2)nc1. The molecule has 0 unspecified atom stereocenters. The average molecular weight is 317 g/mol. The molecule has 0 radical (unpaired) electrons. The van der Waals surface area contributed by atoms with E-state index in [4.69, 9.17) is 5.73 Å². The topological polar surface area (TPSA) is 91.6 Å².